The Hall–Kier alpha value is -0.730. The second-order valence-electron chi connectivity index (χ2n) is 6.75. The monoisotopic (exact) mass is 347 g/mol. The summed E-state index contributed by atoms with van der Waals surface area (Å²) in [5.41, 5.74) is 0. The molecule has 142 valence electrons. The normalized spacial score (nSPS) is 30.0. The molecule has 1 aliphatic rings. The fourth-order valence-corrected chi connectivity index (χ4v) is 2.82. The Labute approximate surface area is 143 Å². The zero-order chi connectivity index (χ0) is 18.1. The molecule has 0 aliphatic carbocycles. The predicted molar refractivity (Wildman–Crippen MR) is 84.8 cm³/mol. The number of rotatable bonds is 11. The van der Waals surface area contributed by atoms with Gasteiger partial charge in [-0.3, -0.25) is 0 Å². The van der Waals surface area contributed by atoms with Gasteiger partial charge in [0, 0.05) is 18.8 Å². The molecule has 0 bridgehead atoms. The van der Waals surface area contributed by atoms with Gasteiger partial charge in [-0.25, -0.2) is 0 Å². The van der Waals surface area contributed by atoms with E-state index in [1.807, 2.05) is 6.92 Å². The van der Waals surface area contributed by atoms with E-state index < -0.39 is 30.6 Å². The van der Waals surface area contributed by atoms with E-state index in [2.05, 4.69) is 0 Å². The number of hydrogen-bond acceptors (Lipinski definition) is 7. The Bertz CT molecular complexity index is 363. The van der Waals surface area contributed by atoms with E-state index in [-0.39, 0.29) is 25.0 Å². The van der Waals surface area contributed by atoms with Crippen LogP contribution in [0.5, 0.6) is 0 Å². The smallest absolute Gasteiger partial charge is 0.184 e. The van der Waals surface area contributed by atoms with Crippen LogP contribution in [0.1, 0.15) is 65.2 Å². The van der Waals surface area contributed by atoms with Gasteiger partial charge in [-0.2, -0.15) is 0 Å². The highest BCUT2D eigenvalue weighted by atomic mass is 16.7. The summed E-state index contributed by atoms with van der Waals surface area (Å²) in [7, 11) is 0. The molecule has 0 radical (unpaired) electrons. The summed E-state index contributed by atoms with van der Waals surface area (Å²) in [6.07, 6.45) is 1.46. The van der Waals surface area contributed by atoms with Crippen molar-refractivity contribution in [3.05, 3.63) is 0 Å². The molecule has 1 aliphatic heterocycles. The van der Waals surface area contributed by atoms with E-state index in [1.165, 1.54) is 0 Å². The van der Waals surface area contributed by atoms with Crippen molar-refractivity contribution in [1.29, 1.82) is 0 Å². The number of carbonyl (C=O) groups excluding carboxylic acids is 1. The van der Waals surface area contributed by atoms with Crippen LogP contribution in [0.2, 0.25) is 0 Å². The summed E-state index contributed by atoms with van der Waals surface area (Å²) >= 11 is 0. The molecule has 0 saturated carbocycles. The van der Waals surface area contributed by atoms with Crippen molar-refractivity contribution in [3.8, 4) is 0 Å². The van der Waals surface area contributed by atoms with Gasteiger partial charge in [0.2, 0.25) is 0 Å². The van der Waals surface area contributed by atoms with Crippen LogP contribution < -0.4 is 5.11 Å². The van der Waals surface area contributed by atoms with E-state index in [1.54, 1.807) is 6.92 Å². The highest BCUT2D eigenvalue weighted by molar-refractivity contribution is 5.64. The van der Waals surface area contributed by atoms with E-state index in [0.29, 0.717) is 6.42 Å². The first-order chi connectivity index (χ1) is 11.3. The molecular weight excluding hydrogens is 316 g/mol. The van der Waals surface area contributed by atoms with Gasteiger partial charge in [-0.15, -0.1) is 0 Å². The lowest BCUT2D eigenvalue weighted by Crippen LogP contribution is -2.48. The average Bonchev–Trinajstić information content (AvgIpc) is 2.47. The summed E-state index contributed by atoms with van der Waals surface area (Å²) in [5.74, 6) is -1.22. The van der Waals surface area contributed by atoms with Gasteiger partial charge in [0.15, 0.2) is 6.29 Å². The van der Waals surface area contributed by atoms with Crippen molar-refractivity contribution in [3.63, 3.8) is 0 Å². The first-order valence-electron chi connectivity index (χ1n) is 8.84. The highest BCUT2D eigenvalue weighted by Crippen LogP contribution is 2.23. The Kier molecular flexibility index (Phi) is 9.76. The second-order valence-corrected chi connectivity index (χ2v) is 6.75. The molecule has 1 heterocycles. The molecule has 3 N–H and O–H groups in total. The number of ether oxygens (including phenoxy) is 2. The maximum Gasteiger partial charge on any atom is 0.184 e. The molecule has 0 aromatic heterocycles. The molecule has 1 fully saturated rings. The number of hydrogen-bond donors (Lipinski definition) is 3. The molecule has 0 amide bonds. The van der Waals surface area contributed by atoms with E-state index >= 15 is 0 Å². The van der Waals surface area contributed by atoms with Crippen LogP contribution in [-0.4, -0.2) is 58.1 Å². The first-order valence-corrected chi connectivity index (χ1v) is 8.84. The van der Waals surface area contributed by atoms with Crippen LogP contribution >= 0.6 is 0 Å². The van der Waals surface area contributed by atoms with Crippen LogP contribution in [0.15, 0.2) is 0 Å². The third kappa shape index (κ3) is 8.39. The number of carboxylic acid groups (broad SMARTS) is 1. The molecule has 1 saturated heterocycles. The van der Waals surface area contributed by atoms with Crippen molar-refractivity contribution in [2.24, 2.45) is 0 Å². The predicted octanol–water partition coefficient (Wildman–Crippen LogP) is 0.0897. The van der Waals surface area contributed by atoms with Crippen molar-refractivity contribution >= 4 is 5.97 Å². The minimum absolute atomic E-state index is 0.0595. The third-order valence-electron chi connectivity index (χ3n) is 4.35. The lowest BCUT2D eigenvalue weighted by Gasteiger charge is -2.36. The topological polar surface area (TPSA) is 119 Å². The first kappa shape index (κ1) is 21.3. The molecule has 0 aromatic rings. The molecule has 0 unspecified atom stereocenters. The number of carbonyl (C=O) groups is 1. The van der Waals surface area contributed by atoms with Gasteiger partial charge in [-0.1, -0.05) is 25.7 Å². The number of unbranched alkanes of at least 4 members (excludes halogenated alkanes) is 3. The van der Waals surface area contributed by atoms with Gasteiger partial charge < -0.3 is 34.7 Å². The molecule has 6 atom stereocenters. The van der Waals surface area contributed by atoms with Crippen LogP contribution in [0.25, 0.3) is 0 Å². The van der Waals surface area contributed by atoms with Crippen molar-refractivity contribution < 1.29 is 34.7 Å². The van der Waals surface area contributed by atoms with E-state index in [4.69, 9.17) is 9.47 Å². The van der Waals surface area contributed by atoms with Gasteiger partial charge >= 0.3 is 0 Å². The second kappa shape index (κ2) is 11.0. The molecule has 24 heavy (non-hydrogen) atoms. The molecule has 0 spiro atoms. The highest BCUT2D eigenvalue weighted by Gasteiger charge is 2.35. The summed E-state index contributed by atoms with van der Waals surface area (Å²) in [6, 6.07) is 0. The Morgan fingerprint density at radius 2 is 1.83 bits per heavy atom. The standard InChI is InChI=1S/C17H32O7/c1-11(23-17-15(20)10-14(19)12(2)24-17)7-5-3-4-6-8-13(18)9-16(21)22/h11-15,17-20H,3-10H2,1-2H3,(H,21,22)/p-1/t11-,12+,13-,14-,15-,17-/m1/s1. The number of aliphatic carboxylic acids is 1. The SMILES string of the molecule is C[C@H](CCCCCC[C@@H](O)CC(=O)[O-])O[C@@H]1O[C@@H](C)[C@H](O)C[C@H]1O. The maximum absolute atomic E-state index is 10.3. The minimum atomic E-state index is -1.22. The molecule has 1 rings (SSSR count). The van der Waals surface area contributed by atoms with Gasteiger partial charge in [0.05, 0.1) is 24.4 Å². The van der Waals surface area contributed by atoms with Gasteiger partial charge in [0.25, 0.3) is 0 Å². The van der Waals surface area contributed by atoms with Crippen LogP contribution in [-0.2, 0) is 14.3 Å². The fraction of sp³-hybridized carbons (Fsp3) is 0.941. The zero-order valence-electron chi connectivity index (χ0n) is 14.6. The molecule has 7 nitrogen and oxygen atoms in total. The third-order valence-corrected chi connectivity index (χ3v) is 4.35. The summed E-state index contributed by atoms with van der Waals surface area (Å²) in [4.78, 5) is 10.3. The Morgan fingerprint density at radius 1 is 1.21 bits per heavy atom. The van der Waals surface area contributed by atoms with Crippen LogP contribution in [0.4, 0.5) is 0 Å². The summed E-state index contributed by atoms with van der Waals surface area (Å²) in [5, 5.41) is 39.2. The molecular formula is C17H31O7-. The summed E-state index contributed by atoms with van der Waals surface area (Å²) in [6.45, 7) is 3.68. The van der Waals surface area contributed by atoms with Crippen LogP contribution in [0.3, 0.4) is 0 Å². The van der Waals surface area contributed by atoms with Crippen molar-refractivity contribution in [2.75, 3.05) is 0 Å². The summed E-state index contributed by atoms with van der Waals surface area (Å²) < 4.78 is 11.2. The average molecular weight is 347 g/mol. The Morgan fingerprint density at radius 3 is 2.46 bits per heavy atom. The van der Waals surface area contributed by atoms with Crippen LogP contribution in [0, 0.1) is 0 Å². The minimum Gasteiger partial charge on any atom is -0.550 e. The lowest BCUT2D eigenvalue weighted by atomic mass is 10.0. The quantitative estimate of drug-likeness (QED) is 0.453. The van der Waals surface area contributed by atoms with E-state index in [9.17, 15) is 25.2 Å². The largest absolute Gasteiger partial charge is 0.550 e. The number of carboxylic acids is 1. The zero-order valence-corrected chi connectivity index (χ0v) is 14.6. The maximum atomic E-state index is 10.3. The van der Waals surface area contributed by atoms with Gasteiger partial charge in [0.1, 0.15) is 6.10 Å². The fourth-order valence-electron chi connectivity index (χ4n) is 2.82. The molecule has 7 heteroatoms. The molecule has 0 aromatic carbocycles. The number of aliphatic hydroxyl groups is 3. The Balaban J connectivity index is 2.07. The lowest BCUT2D eigenvalue weighted by molar-refractivity contribution is -0.307. The van der Waals surface area contributed by atoms with Crippen molar-refractivity contribution in [2.45, 2.75) is 102 Å². The van der Waals surface area contributed by atoms with E-state index in [0.717, 1.165) is 32.1 Å². The van der Waals surface area contributed by atoms with Gasteiger partial charge in [-0.05, 0) is 26.7 Å². The number of aliphatic hydroxyl groups excluding tert-OH is 3. The van der Waals surface area contributed by atoms with Crippen molar-refractivity contribution in [1.82, 2.24) is 0 Å².